The summed E-state index contributed by atoms with van der Waals surface area (Å²) in [5, 5.41) is 44.2. The highest BCUT2D eigenvalue weighted by atomic mass is 19.1. The molecular weight excluding hydrogens is 1010 g/mol. The van der Waals surface area contributed by atoms with Crippen molar-refractivity contribution in [1.29, 1.82) is 0 Å². The molecule has 0 aliphatic carbocycles. The number of primary amides is 1. The van der Waals surface area contributed by atoms with Crippen molar-refractivity contribution in [3.05, 3.63) is 83.7 Å². The van der Waals surface area contributed by atoms with E-state index in [9.17, 15) is 62.2 Å². The number of carboxylic acids is 2. The molecule has 0 unspecified atom stereocenters. The first-order valence-electron chi connectivity index (χ1n) is 23.7. The minimum absolute atomic E-state index is 0.0885. The maximum absolute atomic E-state index is 15.4. The molecule has 5 atom stereocenters. The monoisotopic (exact) mass is 1070 g/mol. The second-order valence-electron chi connectivity index (χ2n) is 18.4. The van der Waals surface area contributed by atoms with Crippen molar-refractivity contribution in [1.82, 2.24) is 46.7 Å². The number of amides is 9. The van der Waals surface area contributed by atoms with Crippen LogP contribution in [0.15, 0.2) is 60.8 Å². The molecule has 1 heterocycles. The number of hydrogen-bond acceptors (Lipinski definition) is 13. The number of aromatic nitrogens is 1. The molecule has 3 rings (SSSR count). The second-order valence-corrected chi connectivity index (χ2v) is 18.4. The van der Waals surface area contributed by atoms with Gasteiger partial charge in [0.05, 0.1) is 25.4 Å². The second kappa shape index (κ2) is 29.4. The number of rotatable bonds is 29. The first kappa shape index (κ1) is 61.8. The minimum atomic E-state index is -1.81. The van der Waals surface area contributed by atoms with E-state index >= 15 is 4.39 Å². The highest BCUT2D eigenvalue weighted by Crippen LogP contribution is 2.41. The van der Waals surface area contributed by atoms with E-state index in [4.69, 9.17) is 15.9 Å². The van der Waals surface area contributed by atoms with Gasteiger partial charge in [-0.05, 0) is 55.5 Å². The van der Waals surface area contributed by atoms with Crippen molar-refractivity contribution in [3.8, 4) is 11.1 Å². The van der Waals surface area contributed by atoms with Crippen LogP contribution < -0.4 is 43.0 Å². The maximum atomic E-state index is 15.4. The van der Waals surface area contributed by atoms with Crippen LogP contribution in [0.4, 0.5) is 13.6 Å². The van der Waals surface area contributed by atoms with Gasteiger partial charge in [0.2, 0.25) is 47.3 Å². The van der Waals surface area contributed by atoms with E-state index in [1.807, 2.05) is 12.1 Å². The molecule has 0 aliphatic rings. The summed E-state index contributed by atoms with van der Waals surface area (Å²) < 4.78 is 36.1. The number of halogens is 2. The Morgan fingerprint density at radius 3 is 1.99 bits per heavy atom. The average Bonchev–Trinajstić information content (AvgIpc) is 3.75. The van der Waals surface area contributed by atoms with E-state index < -0.39 is 158 Å². The van der Waals surface area contributed by atoms with E-state index in [1.165, 1.54) is 18.7 Å². The van der Waals surface area contributed by atoms with E-state index in [-0.39, 0.29) is 37.2 Å². The summed E-state index contributed by atoms with van der Waals surface area (Å²) in [6.07, 6.45) is -1.82. The molecule has 0 saturated carbocycles. The summed E-state index contributed by atoms with van der Waals surface area (Å²) in [7, 11) is 0. The number of nitrogens with two attached hydrogens (primary N) is 1. The lowest BCUT2D eigenvalue weighted by atomic mass is 9.82. The summed E-state index contributed by atoms with van der Waals surface area (Å²) in [6.45, 7) is 4.30. The molecule has 2 aromatic carbocycles. The molecule has 0 spiro atoms. The SMILES string of the molecule is C[C@H](NC(=O)OCC(=O)O)C(=O)N[C@@H](C)C(=O)N[C@@H](CC(N)=O)C(=O)N[C@@H](CCN(C(=O)CO)[C@@H](c1cc(-c2cc(F)ccc2F)cn1Cc1ccccc1)C(C)(C)C)C(=O)NCCNC(=O)CNC(=O)CCC(=O)O. The summed E-state index contributed by atoms with van der Waals surface area (Å²) >= 11 is 0. The lowest BCUT2D eigenvalue weighted by Crippen LogP contribution is -2.58. The summed E-state index contributed by atoms with van der Waals surface area (Å²) in [5.41, 5.74) is 5.85. The van der Waals surface area contributed by atoms with Crippen LogP contribution >= 0.6 is 0 Å². The van der Waals surface area contributed by atoms with E-state index in [0.29, 0.717) is 5.69 Å². The Balaban J connectivity index is 1.99. The molecule has 0 aliphatic heterocycles. The van der Waals surface area contributed by atoms with Gasteiger partial charge in [-0.2, -0.15) is 0 Å². The van der Waals surface area contributed by atoms with Gasteiger partial charge in [-0.3, -0.25) is 43.2 Å². The first-order valence-corrected chi connectivity index (χ1v) is 23.7. The topological polar surface area (TPSA) is 376 Å². The normalized spacial score (nSPS) is 13.0. The molecular formula is C49H64F2N10O15. The Kier molecular flexibility index (Phi) is 23.9. The van der Waals surface area contributed by atoms with Gasteiger partial charge in [0.15, 0.2) is 6.61 Å². The van der Waals surface area contributed by atoms with Gasteiger partial charge in [-0.1, -0.05) is 51.1 Å². The number of aliphatic hydroxyl groups is 1. The standard InChI is InChI=1S/C49H64F2N10O15/c1-27(56-44(71)28(2)57-48(75)76-26-42(69)70)45(72)59-35(21-37(52)63)47(74)58-34(46(73)54-17-16-53-39(65)22-55-38(64)13-14-41(67)68)15-18-61(40(66)25-62)43(49(3,4)5)36-19-30(32-20-31(50)11-12-33(32)51)24-60(36)23-29-9-7-6-8-10-29/h6-12,19-20,24,27-28,34-35,43,62H,13-18,21-23,25-26H2,1-5H3,(H2,52,63)(H,53,65)(H,54,73)(H,55,64)(H,56,71)(H,57,75)(H,58,74)(H,59,72)(H,67,68)(H,69,70)/t27-,28-,34-,35-,43-/m0/s1. The molecule has 12 N–H and O–H groups in total. The van der Waals surface area contributed by atoms with Crippen LogP contribution in [0.2, 0.25) is 0 Å². The highest BCUT2D eigenvalue weighted by molar-refractivity contribution is 5.97. The van der Waals surface area contributed by atoms with Gasteiger partial charge in [-0.25, -0.2) is 18.4 Å². The van der Waals surface area contributed by atoms with E-state index in [1.54, 1.807) is 55.8 Å². The van der Waals surface area contributed by atoms with Crippen molar-refractivity contribution in [2.24, 2.45) is 11.1 Å². The Labute approximate surface area is 435 Å². The third-order valence-electron chi connectivity index (χ3n) is 11.1. The van der Waals surface area contributed by atoms with Crippen molar-refractivity contribution >= 4 is 65.3 Å². The largest absolute Gasteiger partial charge is 0.481 e. The molecule has 3 aromatic rings. The number of carbonyl (C=O) groups is 11. The van der Waals surface area contributed by atoms with Crippen molar-refractivity contribution in [3.63, 3.8) is 0 Å². The van der Waals surface area contributed by atoms with Gasteiger partial charge >= 0.3 is 18.0 Å². The number of nitrogens with zero attached hydrogens (tertiary/aromatic N) is 2. The molecule has 414 valence electrons. The minimum Gasteiger partial charge on any atom is -0.481 e. The third kappa shape index (κ3) is 20.4. The maximum Gasteiger partial charge on any atom is 0.408 e. The quantitative estimate of drug-likeness (QED) is 0.0392. The highest BCUT2D eigenvalue weighted by Gasteiger charge is 2.39. The van der Waals surface area contributed by atoms with Gasteiger partial charge in [0.25, 0.3) is 0 Å². The van der Waals surface area contributed by atoms with E-state index in [0.717, 1.165) is 23.8 Å². The molecule has 25 nitrogen and oxygen atoms in total. The molecule has 1 aromatic heterocycles. The van der Waals surface area contributed by atoms with Crippen LogP contribution in [-0.2, 0) is 59.2 Å². The summed E-state index contributed by atoms with van der Waals surface area (Å²) in [5.74, 6) is -11.6. The van der Waals surface area contributed by atoms with Gasteiger partial charge < -0.3 is 72.5 Å². The zero-order valence-electron chi connectivity index (χ0n) is 42.4. The zero-order chi connectivity index (χ0) is 56.9. The molecule has 0 fully saturated rings. The number of alkyl carbamates (subject to hydrolysis) is 1. The average molecular weight is 1070 g/mol. The number of aliphatic carboxylic acids is 2. The number of aliphatic hydroxyl groups excluding tert-OH is 1. The molecule has 27 heteroatoms. The van der Waals surface area contributed by atoms with Crippen LogP contribution in [0.5, 0.6) is 0 Å². The van der Waals surface area contributed by atoms with Crippen LogP contribution in [0, 0.1) is 17.0 Å². The fourth-order valence-corrected chi connectivity index (χ4v) is 7.49. The van der Waals surface area contributed by atoms with Crippen LogP contribution in [0.1, 0.15) is 77.6 Å². The Bertz CT molecular complexity index is 2590. The fraction of sp³-hybridized carbons (Fsp3) is 0.449. The zero-order valence-corrected chi connectivity index (χ0v) is 42.4. The molecule has 0 bridgehead atoms. The third-order valence-corrected chi connectivity index (χ3v) is 11.1. The van der Waals surface area contributed by atoms with Crippen molar-refractivity contribution < 1.29 is 81.6 Å². The number of ether oxygens (including phenoxy) is 1. The predicted molar refractivity (Wildman–Crippen MR) is 264 cm³/mol. The molecule has 0 radical (unpaired) electrons. The number of carbonyl (C=O) groups excluding carboxylic acids is 9. The van der Waals surface area contributed by atoms with Gasteiger partial charge in [0.1, 0.15) is 42.4 Å². The van der Waals surface area contributed by atoms with Gasteiger partial charge in [0, 0.05) is 55.6 Å². The number of carboxylic acid groups (broad SMARTS) is 2. The first-order chi connectivity index (χ1) is 35.7. The Morgan fingerprint density at radius 2 is 1.37 bits per heavy atom. The lowest BCUT2D eigenvalue weighted by Gasteiger charge is -2.41. The number of hydrogen-bond donors (Lipinski definition) is 11. The Hall–Kier alpha value is -8.49. The number of benzene rings is 2. The Morgan fingerprint density at radius 1 is 0.737 bits per heavy atom. The smallest absolute Gasteiger partial charge is 0.408 e. The summed E-state index contributed by atoms with van der Waals surface area (Å²) in [4.78, 5) is 140. The fourth-order valence-electron chi connectivity index (χ4n) is 7.49. The summed E-state index contributed by atoms with van der Waals surface area (Å²) in [6, 6.07) is 6.26. The van der Waals surface area contributed by atoms with Crippen molar-refractivity contribution in [2.45, 2.75) is 97.1 Å². The van der Waals surface area contributed by atoms with Crippen LogP contribution in [0.25, 0.3) is 11.1 Å². The molecule has 76 heavy (non-hydrogen) atoms. The molecule has 0 saturated heterocycles. The van der Waals surface area contributed by atoms with Crippen molar-refractivity contribution in [2.75, 3.05) is 39.4 Å². The van der Waals surface area contributed by atoms with Crippen LogP contribution in [0.3, 0.4) is 0 Å². The van der Waals surface area contributed by atoms with Crippen LogP contribution in [-0.4, -0.2) is 154 Å². The molecule has 9 amide bonds. The van der Waals surface area contributed by atoms with Gasteiger partial charge in [-0.15, -0.1) is 0 Å². The predicted octanol–water partition coefficient (Wildman–Crippen LogP) is -0.458. The van der Waals surface area contributed by atoms with E-state index in [2.05, 4.69) is 42.0 Å². The number of nitrogens with one attached hydrogen (secondary N) is 7. The lowest BCUT2D eigenvalue weighted by molar-refractivity contribution is -0.141.